The van der Waals surface area contributed by atoms with Crippen LogP contribution in [-0.4, -0.2) is 30.3 Å². The van der Waals surface area contributed by atoms with Gasteiger partial charge in [-0.3, -0.25) is 4.99 Å². The molecule has 2 heterocycles. The van der Waals surface area contributed by atoms with Crippen molar-refractivity contribution in [1.82, 2.24) is 10.3 Å². The van der Waals surface area contributed by atoms with Gasteiger partial charge in [0.2, 0.25) is 0 Å². The van der Waals surface area contributed by atoms with Crippen molar-refractivity contribution in [3.8, 4) is 5.75 Å². The predicted molar refractivity (Wildman–Crippen MR) is 129 cm³/mol. The maximum Gasteiger partial charge on any atom is 0.166 e. The van der Waals surface area contributed by atoms with Crippen molar-refractivity contribution in [2.75, 3.05) is 19.3 Å². The topological polar surface area (TPSA) is 125 Å². The van der Waals surface area contributed by atoms with E-state index in [0.29, 0.717) is 52.2 Å². The van der Waals surface area contributed by atoms with Gasteiger partial charge in [-0.05, 0) is 49.3 Å². The molecule has 9 heteroatoms. The predicted octanol–water partition coefficient (Wildman–Crippen LogP) is 3.56. The summed E-state index contributed by atoms with van der Waals surface area (Å²) >= 11 is 6.43. The minimum Gasteiger partial charge on any atom is -0.482 e. The number of fused-ring (bicyclic) bond motifs is 3. The highest BCUT2D eigenvalue weighted by Crippen LogP contribution is 2.35. The zero-order valence-electron chi connectivity index (χ0n) is 18.3. The number of nitrogen functional groups attached to an aromatic ring is 1. The normalized spacial score (nSPS) is 20.2. The fourth-order valence-corrected chi connectivity index (χ4v) is 3.89. The summed E-state index contributed by atoms with van der Waals surface area (Å²) in [6.07, 6.45) is 3.06. The summed E-state index contributed by atoms with van der Waals surface area (Å²) in [5, 5.41) is 3.33. The van der Waals surface area contributed by atoms with E-state index in [1.54, 1.807) is 38.5 Å². The molecule has 0 fully saturated rings. The van der Waals surface area contributed by atoms with Gasteiger partial charge in [-0.2, -0.15) is 0 Å². The fraction of sp³-hybridized carbons (Fsp3) is 0.304. The Hall–Kier alpha value is -3.10. The molecule has 3 rings (SSSR count). The molecule has 2 unspecified atom stereocenters. The second-order valence-electron chi connectivity index (χ2n) is 7.43. The Kier molecular flexibility index (Phi) is 7.37. The Balaban J connectivity index is 2.39. The molecule has 0 spiro atoms. The first kappa shape index (κ1) is 23.6. The van der Waals surface area contributed by atoms with E-state index in [9.17, 15) is 4.39 Å². The van der Waals surface area contributed by atoms with E-state index in [2.05, 4.69) is 15.3 Å². The van der Waals surface area contributed by atoms with Gasteiger partial charge in [0.15, 0.2) is 11.6 Å². The molecule has 1 aliphatic heterocycles. The van der Waals surface area contributed by atoms with E-state index in [4.69, 9.17) is 33.5 Å². The van der Waals surface area contributed by atoms with Crippen LogP contribution in [0.25, 0.3) is 11.4 Å². The lowest BCUT2D eigenvalue weighted by molar-refractivity contribution is 0.226. The van der Waals surface area contributed by atoms with Gasteiger partial charge in [0.25, 0.3) is 0 Å². The summed E-state index contributed by atoms with van der Waals surface area (Å²) in [6.45, 7) is 4.39. The number of nitrogens with zero attached hydrogens (tertiary/aromatic N) is 2. The third-order valence-electron chi connectivity index (χ3n) is 5.24. The molecule has 0 saturated carbocycles. The molecule has 2 atom stereocenters. The van der Waals surface area contributed by atoms with Gasteiger partial charge in [-0.25, -0.2) is 9.37 Å². The molecule has 0 radical (unpaired) electrons. The first-order valence-electron chi connectivity index (χ1n) is 10.3. The van der Waals surface area contributed by atoms with Gasteiger partial charge in [-0.1, -0.05) is 0 Å². The molecule has 32 heavy (non-hydrogen) atoms. The second kappa shape index (κ2) is 10.0. The van der Waals surface area contributed by atoms with E-state index in [0.717, 1.165) is 5.70 Å². The van der Waals surface area contributed by atoms with Gasteiger partial charge in [0, 0.05) is 60.5 Å². The fourth-order valence-electron chi connectivity index (χ4n) is 3.70. The first-order chi connectivity index (χ1) is 15.3. The van der Waals surface area contributed by atoms with Crippen LogP contribution in [0.15, 0.2) is 46.6 Å². The maximum absolute atomic E-state index is 14.2. The van der Waals surface area contributed by atoms with Crippen LogP contribution in [0.3, 0.4) is 0 Å². The van der Waals surface area contributed by atoms with Crippen molar-refractivity contribution in [2.24, 2.45) is 16.5 Å². The number of pyridine rings is 1. The molecular formula is C23H28ClFN6O. The largest absolute Gasteiger partial charge is 0.482 e. The van der Waals surface area contributed by atoms with Crippen LogP contribution in [0.4, 0.5) is 10.2 Å². The third-order valence-corrected chi connectivity index (χ3v) is 5.50. The summed E-state index contributed by atoms with van der Waals surface area (Å²) < 4.78 is 20.3. The Bertz CT molecular complexity index is 1100. The molecule has 170 valence electrons. The lowest BCUT2D eigenvalue weighted by Crippen LogP contribution is -2.24. The van der Waals surface area contributed by atoms with Crippen LogP contribution in [-0.2, 0) is 0 Å². The molecule has 0 saturated heterocycles. The average Bonchev–Trinajstić information content (AvgIpc) is 2.75. The zero-order valence-corrected chi connectivity index (χ0v) is 19.1. The molecule has 2 aromatic rings. The van der Waals surface area contributed by atoms with Crippen LogP contribution in [0, 0.1) is 5.82 Å². The summed E-state index contributed by atoms with van der Waals surface area (Å²) in [4.78, 5) is 8.46. The average molecular weight is 459 g/mol. The molecule has 1 aromatic carbocycles. The van der Waals surface area contributed by atoms with Crippen molar-refractivity contribution in [3.63, 3.8) is 0 Å². The first-order valence-corrected chi connectivity index (χ1v) is 10.7. The molecule has 7 nitrogen and oxygen atoms in total. The van der Waals surface area contributed by atoms with Gasteiger partial charge in [0.05, 0.1) is 0 Å². The molecule has 0 aliphatic carbocycles. The van der Waals surface area contributed by atoms with Crippen LogP contribution in [0.1, 0.15) is 43.1 Å². The Labute approximate surface area is 192 Å². The van der Waals surface area contributed by atoms with Crippen LogP contribution in [0.2, 0.25) is 0 Å². The molecule has 1 aromatic heterocycles. The van der Waals surface area contributed by atoms with Crippen LogP contribution < -0.4 is 27.3 Å². The number of hydrogen-bond acceptors (Lipinski definition) is 7. The van der Waals surface area contributed by atoms with E-state index in [1.165, 1.54) is 12.1 Å². The molecule has 1 aliphatic rings. The van der Waals surface area contributed by atoms with Crippen LogP contribution in [0.5, 0.6) is 5.75 Å². The van der Waals surface area contributed by atoms with Crippen molar-refractivity contribution in [3.05, 3.63) is 64.1 Å². The number of nitrogens with two attached hydrogens (primary N) is 3. The SMILES string of the molecule is CCN/C1=C(\C(N)Cl)CC(C=NC)=C(N)c2ccc(F)cc2C(C)Oc2cc1cnc2N. The van der Waals surface area contributed by atoms with Gasteiger partial charge in [0.1, 0.15) is 17.4 Å². The molecule has 0 amide bonds. The number of benzene rings is 1. The van der Waals surface area contributed by atoms with Crippen molar-refractivity contribution < 1.29 is 9.13 Å². The van der Waals surface area contributed by atoms with Crippen molar-refractivity contribution in [1.29, 1.82) is 0 Å². The highest BCUT2D eigenvalue weighted by atomic mass is 35.5. The van der Waals surface area contributed by atoms with E-state index in [-0.39, 0.29) is 5.82 Å². The number of halogens is 2. The number of allylic oxidation sites excluding steroid dienone is 1. The lowest BCUT2D eigenvalue weighted by Gasteiger charge is -2.24. The maximum atomic E-state index is 14.2. The number of nitrogens with one attached hydrogen (secondary N) is 1. The Morgan fingerprint density at radius 1 is 1.38 bits per heavy atom. The quantitative estimate of drug-likeness (QED) is 0.315. The van der Waals surface area contributed by atoms with E-state index < -0.39 is 17.4 Å². The Morgan fingerprint density at radius 3 is 2.78 bits per heavy atom. The zero-order chi connectivity index (χ0) is 23.4. The highest BCUT2D eigenvalue weighted by Gasteiger charge is 2.23. The number of rotatable bonds is 4. The van der Waals surface area contributed by atoms with E-state index in [1.807, 2.05) is 6.92 Å². The van der Waals surface area contributed by atoms with Gasteiger partial charge >= 0.3 is 0 Å². The third kappa shape index (κ3) is 4.87. The number of anilines is 1. The monoisotopic (exact) mass is 458 g/mol. The minimum atomic E-state index is -0.812. The molecule has 7 N–H and O–H groups in total. The van der Waals surface area contributed by atoms with Crippen LogP contribution >= 0.6 is 11.6 Å². The Morgan fingerprint density at radius 2 is 2.12 bits per heavy atom. The van der Waals surface area contributed by atoms with Crippen molar-refractivity contribution in [2.45, 2.75) is 31.9 Å². The number of ether oxygens (including phenoxy) is 1. The smallest absolute Gasteiger partial charge is 0.166 e. The standard InChI is InChI=1S/C23H28ClFN6O/c1-4-30-21-14-8-19(23(28)31-11-14)32-12(2)17-9-15(25)5-6-16(17)20(26)13(10-29-3)7-18(21)22(24)27/h5-6,8-12,22,30H,4,7,26-27H2,1-3H3,(H2,28,31)/b20-13?,21-18-,29-10?. The number of aromatic nitrogens is 1. The summed E-state index contributed by atoms with van der Waals surface area (Å²) in [7, 11) is 1.65. The summed E-state index contributed by atoms with van der Waals surface area (Å²) in [5.74, 6) is 0.175. The number of aliphatic imine (C=N–C) groups is 1. The number of alkyl halides is 1. The lowest BCUT2D eigenvalue weighted by atomic mass is 9.93. The van der Waals surface area contributed by atoms with E-state index >= 15 is 0 Å². The highest BCUT2D eigenvalue weighted by molar-refractivity contribution is 6.22. The van der Waals surface area contributed by atoms with Gasteiger partial charge < -0.3 is 27.3 Å². The summed E-state index contributed by atoms with van der Waals surface area (Å²) in [6, 6.07) is 6.16. The molecular weight excluding hydrogens is 431 g/mol. The number of hydrogen-bond donors (Lipinski definition) is 4. The molecule has 2 bridgehead atoms. The second-order valence-corrected chi connectivity index (χ2v) is 7.90. The van der Waals surface area contributed by atoms with Gasteiger partial charge in [-0.15, -0.1) is 11.6 Å². The summed E-state index contributed by atoms with van der Waals surface area (Å²) in [5.41, 5.74) is 22.5. The minimum absolute atomic E-state index is 0.213. The van der Waals surface area contributed by atoms with Crippen molar-refractivity contribution >= 4 is 35.0 Å².